The fraction of sp³-hybridized carbons (Fsp3) is 0.625. The van der Waals surface area contributed by atoms with Crippen molar-refractivity contribution in [3.8, 4) is 0 Å². The van der Waals surface area contributed by atoms with Crippen molar-refractivity contribution in [3.63, 3.8) is 0 Å². The van der Waals surface area contributed by atoms with E-state index in [9.17, 15) is 5.11 Å². The van der Waals surface area contributed by atoms with Gasteiger partial charge in [-0.3, -0.25) is 0 Å². The minimum atomic E-state index is -0.404. The highest BCUT2D eigenvalue weighted by Gasteiger charge is 2.17. The van der Waals surface area contributed by atoms with E-state index in [-0.39, 0.29) is 0 Å². The highest BCUT2D eigenvalue weighted by molar-refractivity contribution is 5.28. The lowest BCUT2D eigenvalue weighted by molar-refractivity contribution is 0.177. The zero-order valence-electron chi connectivity index (χ0n) is 12.1. The molecule has 3 heteroatoms. The molecule has 2 N–H and O–H groups in total. The summed E-state index contributed by atoms with van der Waals surface area (Å²) in [6.45, 7) is 2.99. The Hall–Kier alpha value is -0.900. The van der Waals surface area contributed by atoms with Crippen molar-refractivity contribution in [1.82, 2.24) is 10.2 Å². The Morgan fingerprint density at radius 3 is 3.00 bits per heavy atom. The molecule has 0 aromatic heterocycles. The summed E-state index contributed by atoms with van der Waals surface area (Å²) >= 11 is 0. The van der Waals surface area contributed by atoms with Crippen LogP contribution in [0, 0.1) is 0 Å². The summed E-state index contributed by atoms with van der Waals surface area (Å²) in [6, 6.07) is 8.51. The van der Waals surface area contributed by atoms with Gasteiger partial charge in [-0.2, -0.15) is 0 Å². The average Bonchev–Trinajstić information content (AvgIpc) is 2.64. The first kappa shape index (κ1) is 14.5. The molecule has 0 radical (unpaired) electrons. The maximum Gasteiger partial charge on any atom is 0.0914 e. The van der Waals surface area contributed by atoms with Crippen molar-refractivity contribution in [1.29, 1.82) is 0 Å². The third kappa shape index (κ3) is 4.03. The summed E-state index contributed by atoms with van der Waals surface area (Å²) in [5.74, 6) is 0.645. The highest BCUT2D eigenvalue weighted by atomic mass is 16.3. The molecule has 1 aliphatic heterocycles. The summed E-state index contributed by atoms with van der Waals surface area (Å²) < 4.78 is 0. The number of rotatable bonds is 4. The molecule has 1 aromatic carbocycles. The van der Waals surface area contributed by atoms with Gasteiger partial charge in [0.25, 0.3) is 0 Å². The minimum absolute atomic E-state index is 0.404. The molecule has 3 nitrogen and oxygen atoms in total. The molecule has 1 heterocycles. The van der Waals surface area contributed by atoms with Crippen molar-refractivity contribution >= 4 is 0 Å². The number of hydrogen-bond donors (Lipinski definition) is 2. The summed E-state index contributed by atoms with van der Waals surface area (Å²) in [6.07, 6.45) is 3.35. The van der Waals surface area contributed by atoms with Crippen LogP contribution >= 0.6 is 0 Å². The van der Waals surface area contributed by atoms with Gasteiger partial charge in [-0.25, -0.2) is 0 Å². The van der Waals surface area contributed by atoms with Gasteiger partial charge in [0.05, 0.1) is 6.10 Å². The first-order valence-electron chi connectivity index (χ1n) is 7.31. The molecule has 19 heavy (non-hydrogen) atoms. The summed E-state index contributed by atoms with van der Waals surface area (Å²) in [5.41, 5.74) is 2.42. The molecule has 0 saturated carbocycles. The van der Waals surface area contributed by atoms with Crippen molar-refractivity contribution in [2.24, 2.45) is 0 Å². The smallest absolute Gasteiger partial charge is 0.0914 e. The molecule has 2 unspecified atom stereocenters. The molecule has 1 fully saturated rings. The van der Waals surface area contributed by atoms with Crippen LogP contribution in [0.1, 0.15) is 42.4 Å². The molecule has 0 aliphatic carbocycles. The van der Waals surface area contributed by atoms with Crippen LogP contribution in [0.25, 0.3) is 0 Å². The topological polar surface area (TPSA) is 35.5 Å². The third-order valence-corrected chi connectivity index (χ3v) is 4.12. The molecule has 1 saturated heterocycles. The van der Waals surface area contributed by atoms with Crippen molar-refractivity contribution in [3.05, 3.63) is 35.4 Å². The summed E-state index contributed by atoms with van der Waals surface area (Å²) in [4.78, 5) is 2.42. The van der Waals surface area contributed by atoms with Crippen LogP contribution in [0.3, 0.4) is 0 Å². The standard InChI is InChI=1S/C16H26N2O/c1-17-12-16(19)15-6-3-5-14(11-15)13-7-4-9-18(2)10-8-13/h3,5-6,11,13,16-17,19H,4,7-10,12H2,1-2H3. The number of likely N-dealkylation sites (tertiary alicyclic amines) is 1. The van der Waals surface area contributed by atoms with Gasteiger partial charge >= 0.3 is 0 Å². The molecule has 0 amide bonds. The maximum atomic E-state index is 10.1. The van der Waals surface area contributed by atoms with E-state index in [2.05, 4.69) is 35.5 Å². The molecule has 0 spiro atoms. The number of hydrogen-bond acceptors (Lipinski definition) is 3. The Morgan fingerprint density at radius 1 is 1.37 bits per heavy atom. The second-order valence-electron chi connectivity index (χ2n) is 5.67. The van der Waals surface area contributed by atoms with E-state index in [1.54, 1.807) is 0 Å². The molecule has 0 bridgehead atoms. The summed E-state index contributed by atoms with van der Waals surface area (Å²) in [7, 11) is 4.07. The van der Waals surface area contributed by atoms with Crippen LogP contribution in [0.15, 0.2) is 24.3 Å². The van der Waals surface area contributed by atoms with E-state index in [0.29, 0.717) is 12.5 Å². The molecule has 2 atom stereocenters. The number of nitrogens with zero attached hydrogens (tertiary/aromatic N) is 1. The van der Waals surface area contributed by atoms with E-state index >= 15 is 0 Å². The molecule has 106 valence electrons. The number of benzene rings is 1. The van der Waals surface area contributed by atoms with Gasteiger partial charge in [0, 0.05) is 6.54 Å². The zero-order valence-corrected chi connectivity index (χ0v) is 12.1. The number of likely N-dealkylation sites (N-methyl/N-ethyl adjacent to an activating group) is 1. The lowest BCUT2D eigenvalue weighted by atomic mass is 9.90. The van der Waals surface area contributed by atoms with Crippen molar-refractivity contribution in [2.45, 2.75) is 31.3 Å². The van der Waals surface area contributed by atoms with Gasteiger partial charge < -0.3 is 15.3 Å². The summed E-state index contributed by atoms with van der Waals surface area (Å²) in [5, 5.41) is 13.1. The largest absolute Gasteiger partial charge is 0.387 e. The van der Waals surface area contributed by atoms with E-state index in [1.165, 1.54) is 37.9 Å². The predicted octanol–water partition coefficient (Wildman–Crippen LogP) is 2.14. The number of aliphatic hydroxyl groups is 1. The Kier molecular flexibility index (Phi) is 5.37. The van der Waals surface area contributed by atoms with Gasteiger partial charge in [0.1, 0.15) is 0 Å². The third-order valence-electron chi connectivity index (χ3n) is 4.12. The Morgan fingerprint density at radius 2 is 2.21 bits per heavy atom. The first-order chi connectivity index (χ1) is 9.20. The van der Waals surface area contributed by atoms with Gasteiger partial charge in [0.2, 0.25) is 0 Å². The average molecular weight is 262 g/mol. The molecular formula is C16H26N2O. The van der Waals surface area contributed by atoms with Crippen LogP contribution in [0.5, 0.6) is 0 Å². The van der Waals surface area contributed by atoms with Crippen molar-refractivity contribution in [2.75, 3.05) is 33.7 Å². The minimum Gasteiger partial charge on any atom is -0.387 e. The van der Waals surface area contributed by atoms with Gasteiger partial charge in [-0.05, 0) is 63.5 Å². The first-order valence-corrected chi connectivity index (χ1v) is 7.31. The predicted molar refractivity (Wildman–Crippen MR) is 79.4 cm³/mol. The Labute approximate surface area is 116 Å². The quantitative estimate of drug-likeness (QED) is 0.872. The molecule has 1 aromatic rings. The van der Waals surface area contributed by atoms with Crippen LogP contribution in [-0.4, -0.2) is 43.7 Å². The number of nitrogens with one attached hydrogen (secondary N) is 1. The van der Waals surface area contributed by atoms with Crippen LogP contribution in [-0.2, 0) is 0 Å². The van der Waals surface area contributed by atoms with Crippen LogP contribution in [0.4, 0.5) is 0 Å². The van der Waals surface area contributed by atoms with E-state index in [0.717, 1.165) is 5.56 Å². The van der Waals surface area contributed by atoms with Crippen LogP contribution < -0.4 is 5.32 Å². The van der Waals surface area contributed by atoms with Gasteiger partial charge in [-0.1, -0.05) is 24.3 Å². The Bertz CT molecular complexity index is 394. The molecular weight excluding hydrogens is 236 g/mol. The lowest BCUT2D eigenvalue weighted by Gasteiger charge is -2.18. The fourth-order valence-corrected chi connectivity index (χ4v) is 2.90. The second-order valence-corrected chi connectivity index (χ2v) is 5.67. The fourth-order valence-electron chi connectivity index (χ4n) is 2.90. The molecule has 1 aliphatic rings. The zero-order chi connectivity index (χ0) is 13.7. The SMILES string of the molecule is CNCC(O)c1cccc(C2CCCN(C)CC2)c1. The van der Waals surface area contributed by atoms with Gasteiger partial charge in [-0.15, -0.1) is 0 Å². The molecule has 2 rings (SSSR count). The maximum absolute atomic E-state index is 10.1. The van der Waals surface area contributed by atoms with E-state index < -0.39 is 6.10 Å². The number of aliphatic hydroxyl groups excluding tert-OH is 1. The van der Waals surface area contributed by atoms with Gasteiger partial charge in [0.15, 0.2) is 0 Å². The van der Waals surface area contributed by atoms with E-state index in [1.807, 2.05) is 13.1 Å². The monoisotopic (exact) mass is 262 g/mol. The lowest BCUT2D eigenvalue weighted by Crippen LogP contribution is -2.18. The van der Waals surface area contributed by atoms with Crippen LogP contribution in [0.2, 0.25) is 0 Å². The highest BCUT2D eigenvalue weighted by Crippen LogP contribution is 2.29. The van der Waals surface area contributed by atoms with Crippen molar-refractivity contribution < 1.29 is 5.11 Å². The normalized spacial score (nSPS) is 23.0. The van der Waals surface area contributed by atoms with E-state index in [4.69, 9.17) is 0 Å². The Balaban J connectivity index is 2.09. The second kappa shape index (κ2) is 7.04.